The smallest absolute Gasteiger partial charge is 0.269 e. The first-order valence-electron chi connectivity index (χ1n) is 13.4. The van der Waals surface area contributed by atoms with E-state index in [-0.39, 0.29) is 30.7 Å². The highest BCUT2D eigenvalue weighted by molar-refractivity contribution is 6.21. The molecule has 0 unspecified atom stereocenters. The molecule has 13 heteroatoms. The molecule has 0 N–H and O–H groups in total. The standard InChI is InChI=1S/C28H36N2O11/c31-27-25-3-1-2-4-26(25)28(32)29(27)9-10-35-11-12-36-13-14-37-15-16-38-17-18-39-19-20-40-21-22-41-24-7-5-23(6-8-24)30(33)34/h1-8H,9-22H2. The van der Waals surface area contributed by atoms with Gasteiger partial charge in [-0.05, 0) is 24.3 Å². The molecule has 1 heterocycles. The highest BCUT2D eigenvalue weighted by Gasteiger charge is 2.34. The number of nitrogens with zero attached hydrogens (tertiary/aromatic N) is 2. The Hall–Kier alpha value is -3.46. The Morgan fingerprint density at radius 3 is 1.37 bits per heavy atom. The molecular weight excluding hydrogens is 540 g/mol. The van der Waals surface area contributed by atoms with Gasteiger partial charge >= 0.3 is 0 Å². The third-order valence-electron chi connectivity index (χ3n) is 5.74. The van der Waals surface area contributed by atoms with Crippen LogP contribution in [0.15, 0.2) is 48.5 Å². The average Bonchev–Trinajstić information content (AvgIpc) is 3.23. The van der Waals surface area contributed by atoms with Crippen molar-refractivity contribution in [3.8, 4) is 5.75 Å². The van der Waals surface area contributed by atoms with Gasteiger partial charge < -0.3 is 33.2 Å². The molecule has 224 valence electrons. The molecule has 3 rings (SSSR count). The zero-order chi connectivity index (χ0) is 29.1. The van der Waals surface area contributed by atoms with E-state index in [1.165, 1.54) is 17.0 Å². The Bertz CT molecular complexity index is 1050. The molecule has 0 saturated heterocycles. The van der Waals surface area contributed by atoms with Crippen molar-refractivity contribution in [2.45, 2.75) is 0 Å². The molecule has 0 aromatic heterocycles. The zero-order valence-electron chi connectivity index (χ0n) is 22.9. The summed E-state index contributed by atoms with van der Waals surface area (Å²) in [5.74, 6) is -0.0241. The van der Waals surface area contributed by atoms with E-state index in [4.69, 9.17) is 33.2 Å². The SMILES string of the molecule is O=C1c2ccccc2C(=O)N1CCOCCOCCOCCOCCOCCOCCOc1ccc([N+](=O)[O-])cc1. The van der Waals surface area contributed by atoms with Crippen molar-refractivity contribution in [3.05, 3.63) is 69.8 Å². The van der Waals surface area contributed by atoms with Crippen LogP contribution in [0.2, 0.25) is 0 Å². The number of nitro benzene ring substituents is 1. The number of ether oxygens (including phenoxy) is 7. The maximum absolute atomic E-state index is 12.3. The van der Waals surface area contributed by atoms with Gasteiger partial charge in [-0.15, -0.1) is 0 Å². The van der Waals surface area contributed by atoms with Crippen LogP contribution < -0.4 is 4.74 Å². The molecule has 0 saturated carbocycles. The van der Waals surface area contributed by atoms with E-state index in [9.17, 15) is 19.7 Å². The molecule has 0 fully saturated rings. The predicted octanol–water partition coefficient (Wildman–Crippen LogP) is 2.37. The average molecular weight is 577 g/mol. The lowest BCUT2D eigenvalue weighted by molar-refractivity contribution is -0.384. The topological polar surface area (TPSA) is 145 Å². The van der Waals surface area contributed by atoms with Gasteiger partial charge in [-0.2, -0.15) is 0 Å². The first-order valence-corrected chi connectivity index (χ1v) is 13.4. The number of carbonyl (C=O) groups excluding carboxylic acids is 2. The van der Waals surface area contributed by atoms with Gasteiger partial charge in [0.25, 0.3) is 17.5 Å². The summed E-state index contributed by atoms with van der Waals surface area (Å²) in [4.78, 5) is 35.9. The quantitative estimate of drug-likeness (QED) is 0.0832. The van der Waals surface area contributed by atoms with Crippen LogP contribution >= 0.6 is 0 Å². The first kappa shape index (κ1) is 32.1. The van der Waals surface area contributed by atoms with Crippen molar-refractivity contribution >= 4 is 17.5 Å². The number of hydrogen-bond acceptors (Lipinski definition) is 11. The fourth-order valence-electron chi connectivity index (χ4n) is 3.68. The molecule has 0 bridgehead atoms. The lowest BCUT2D eigenvalue weighted by atomic mass is 10.1. The van der Waals surface area contributed by atoms with Gasteiger partial charge in [0.1, 0.15) is 12.4 Å². The molecule has 2 aromatic carbocycles. The van der Waals surface area contributed by atoms with Gasteiger partial charge in [0.2, 0.25) is 0 Å². The summed E-state index contributed by atoms with van der Waals surface area (Å²) in [5.41, 5.74) is 0.888. The molecule has 1 aliphatic heterocycles. The summed E-state index contributed by atoms with van der Waals surface area (Å²) in [7, 11) is 0. The first-order chi connectivity index (χ1) is 20.1. The second-order valence-electron chi connectivity index (χ2n) is 8.58. The van der Waals surface area contributed by atoms with E-state index in [2.05, 4.69) is 0 Å². The molecule has 0 atom stereocenters. The minimum Gasteiger partial charge on any atom is -0.491 e. The molecule has 0 radical (unpaired) electrons. The summed E-state index contributed by atoms with van der Waals surface area (Å²) in [6.45, 7) is 5.39. The van der Waals surface area contributed by atoms with Gasteiger partial charge in [0.05, 0.1) is 102 Å². The Balaban J connectivity index is 1.01. The number of non-ortho nitro benzene ring substituents is 1. The fourth-order valence-corrected chi connectivity index (χ4v) is 3.68. The molecule has 41 heavy (non-hydrogen) atoms. The van der Waals surface area contributed by atoms with Crippen molar-refractivity contribution in [1.29, 1.82) is 0 Å². The van der Waals surface area contributed by atoms with E-state index in [0.29, 0.717) is 96.2 Å². The van der Waals surface area contributed by atoms with E-state index in [0.717, 1.165) is 0 Å². The Morgan fingerprint density at radius 1 is 0.561 bits per heavy atom. The van der Waals surface area contributed by atoms with Gasteiger partial charge in [-0.1, -0.05) is 12.1 Å². The molecule has 1 aliphatic rings. The van der Waals surface area contributed by atoms with Gasteiger partial charge in [-0.25, -0.2) is 0 Å². The summed E-state index contributed by atoms with van der Waals surface area (Å²) in [6, 6.07) is 12.7. The Kier molecular flexibility index (Phi) is 14.7. The number of hydrogen-bond donors (Lipinski definition) is 0. The van der Waals surface area contributed by atoms with E-state index < -0.39 is 4.92 Å². The minimum absolute atomic E-state index is 0.0184. The molecule has 2 aromatic rings. The highest BCUT2D eigenvalue weighted by atomic mass is 16.6. The van der Waals surface area contributed by atoms with Crippen LogP contribution in [0.5, 0.6) is 5.75 Å². The number of benzene rings is 2. The highest BCUT2D eigenvalue weighted by Crippen LogP contribution is 2.22. The lowest BCUT2D eigenvalue weighted by Crippen LogP contribution is -2.33. The van der Waals surface area contributed by atoms with Crippen molar-refractivity contribution < 1.29 is 47.7 Å². The fraction of sp³-hybridized carbons (Fsp3) is 0.500. The normalized spacial score (nSPS) is 12.6. The van der Waals surface area contributed by atoms with Gasteiger partial charge in [-0.3, -0.25) is 24.6 Å². The van der Waals surface area contributed by atoms with Crippen LogP contribution in [0, 0.1) is 10.1 Å². The molecule has 0 spiro atoms. The van der Waals surface area contributed by atoms with E-state index in [1.807, 2.05) is 0 Å². The minimum atomic E-state index is -0.459. The maximum Gasteiger partial charge on any atom is 0.269 e. The van der Waals surface area contributed by atoms with Crippen LogP contribution in [0.1, 0.15) is 20.7 Å². The van der Waals surface area contributed by atoms with E-state index >= 15 is 0 Å². The molecular formula is C28H36N2O11. The second kappa shape index (κ2) is 18.8. The largest absolute Gasteiger partial charge is 0.491 e. The number of nitro groups is 1. The number of imide groups is 1. The number of rotatable bonds is 23. The van der Waals surface area contributed by atoms with E-state index in [1.54, 1.807) is 36.4 Å². The Morgan fingerprint density at radius 2 is 0.951 bits per heavy atom. The lowest BCUT2D eigenvalue weighted by Gasteiger charge is -2.13. The van der Waals surface area contributed by atoms with Crippen LogP contribution in [0.4, 0.5) is 5.69 Å². The summed E-state index contributed by atoms with van der Waals surface area (Å²) in [6.07, 6.45) is 0. The Labute approximate surface area is 238 Å². The van der Waals surface area contributed by atoms with Crippen LogP contribution in [0.25, 0.3) is 0 Å². The summed E-state index contributed by atoms with van der Waals surface area (Å²) < 4.78 is 38.1. The molecule has 0 aliphatic carbocycles. The molecule has 2 amide bonds. The number of carbonyl (C=O) groups is 2. The zero-order valence-corrected chi connectivity index (χ0v) is 22.9. The molecule has 13 nitrogen and oxygen atoms in total. The summed E-state index contributed by atoms with van der Waals surface area (Å²) in [5, 5.41) is 10.6. The number of amides is 2. The van der Waals surface area contributed by atoms with Gasteiger partial charge in [0, 0.05) is 12.1 Å². The van der Waals surface area contributed by atoms with Crippen molar-refractivity contribution in [2.24, 2.45) is 0 Å². The maximum atomic E-state index is 12.3. The monoisotopic (exact) mass is 576 g/mol. The van der Waals surface area contributed by atoms with Crippen molar-refractivity contribution in [3.63, 3.8) is 0 Å². The summed E-state index contributed by atoms with van der Waals surface area (Å²) >= 11 is 0. The predicted molar refractivity (Wildman–Crippen MR) is 145 cm³/mol. The third kappa shape index (κ3) is 11.5. The van der Waals surface area contributed by atoms with Crippen LogP contribution in [0.3, 0.4) is 0 Å². The van der Waals surface area contributed by atoms with Crippen molar-refractivity contribution in [1.82, 2.24) is 4.90 Å². The van der Waals surface area contributed by atoms with Crippen molar-refractivity contribution in [2.75, 3.05) is 92.4 Å². The van der Waals surface area contributed by atoms with Gasteiger partial charge in [0.15, 0.2) is 0 Å². The third-order valence-corrected chi connectivity index (χ3v) is 5.74. The second-order valence-corrected chi connectivity index (χ2v) is 8.58. The van der Waals surface area contributed by atoms with Crippen LogP contribution in [-0.4, -0.2) is 114 Å². The van der Waals surface area contributed by atoms with Crippen LogP contribution in [-0.2, 0) is 28.4 Å². The number of fused-ring (bicyclic) bond motifs is 1.